The van der Waals surface area contributed by atoms with Crippen molar-refractivity contribution in [2.75, 3.05) is 19.1 Å². The summed E-state index contributed by atoms with van der Waals surface area (Å²) < 4.78 is 25.7. The van der Waals surface area contributed by atoms with Crippen LogP contribution in [0.15, 0.2) is 34.8 Å². The molecule has 0 aliphatic heterocycles. The summed E-state index contributed by atoms with van der Waals surface area (Å²) in [6.45, 7) is 0.285. The van der Waals surface area contributed by atoms with Gasteiger partial charge in [-0.1, -0.05) is 17.7 Å². The first-order chi connectivity index (χ1) is 13.9. The van der Waals surface area contributed by atoms with Gasteiger partial charge in [-0.3, -0.25) is 4.79 Å². The molecule has 9 heteroatoms. The van der Waals surface area contributed by atoms with Gasteiger partial charge in [0.1, 0.15) is 18.5 Å². The number of carboxylic acids is 1. The second kappa shape index (κ2) is 11.6. The topological polar surface area (TPSA) is 67.8 Å². The van der Waals surface area contributed by atoms with Crippen LogP contribution in [-0.4, -0.2) is 36.2 Å². The molecule has 158 valence electrons. The Labute approximate surface area is 187 Å². The molecular weight excluding hydrogens is 485 g/mol. The molecule has 0 spiro atoms. The van der Waals surface area contributed by atoms with Crippen molar-refractivity contribution in [1.82, 2.24) is 5.32 Å². The van der Waals surface area contributed by atoms with Crippen molar-refractivity contribution >= 4 is 45.3 Å². The Kier molecular flexibility index (Phi) is 9.55. The van der Waals surface area contributed by atoms with Crippen molar-refractivity contribution < 1.29 is 23.8 Å². The molecule has 1 atom stereocenters. The molecule has 29 heavy (non-hydrogen) atoms. The third kappa shape index (κ3) is 6.77. The average molecular weight is 507 g/mol. The maximum Gasteiger partial charge on any atom is 0.320 e. The van der Waals surface area contributed by atoms with Gasteiger partial charge in [0, 0.05) is 12.1 Å². The molecule has 2 N–H and O–H groups in total. The van der Waals surface area contributed by atoms with E-state index < -0.39 is 17.8 Å². The maximum atomic E-state index is 14.0. The second-order valence-corrected chi connectivity index (χ2v) is 8.40. The Morgan fingerprint density at radius 1 is 1.41 bits per heavy atom. The fraction of sp³-hybridized carbons (Fsp3) is 0.350. The lowest BCUT2D eigenvalue weighted by Gasteiger charge is -2.17. The van der Waals surface area contributed by atoms with Crippen LogP contribution in [0.1, 0.15) is 17.5 Å². The van der Waals surface area contributed by atoms with Gasteiger partial charge in [-0.25, -0.2) is 4.39 Å². The number of carboxylic acid groups (broad SMARTS) is 1. The van der Waals surface area contributed by atoms with Crippen LogP contribution in [0.2, 0.25) is 5.02 Å². The Morgan fingerprint density at radius 2 is 2.17 bits per heavy atom. The van der Waals surface area contributed by atoms with Crippen LogP contribution in [0.25, 0.3) is 0 Å². The van der Waals surface area contributed by atoms with Gasteiger partial charge < -0.3 is 19.9 Å². The van der Waals surface area contributed by atoms with Crippen molar-refractivity contribution in [2.45, 2.75) is 25.6 Å². The van der Waals surface area contributed by atoms with Crippen molar-refractivity contribution in [3.8, 4) is 11.5 Å². The molecule has 0 fully saturated rings. The van der Waals surface area contributed by atoms with E-state index in [2.05, 4.69) is 21.2 Å². The highest BCUT2D eigenvalue weighted by Gasteiger charge is 2.18. The first-order valence-electron chi connectivity index (χ1n) is 8.74. The van der Waals surface area contributed by atoms with Crippen LogP contribution in [-0.2, 0) is 17.9 Å². The van der Waals surface area contributed by atoms with Crippen molar-refractivity contribution in [2.24, 2.45) is 0 Å². The molecule has 2 rings (SSSR count). The van der Waals surface area contributed by atoms with Gasteiger partial charge in [0.05, 0.1) is 16.6 Å². The van der Waals surface area contributed by atoms with Crippen LogP contribution in [0.5, 0.6) is 11.5 Å². The molecule has 0 saturated heterocycles. The van der Waals surface area contributed by atoms with Gasteiger partial charge in [0.25, 0.3) is 0 Å². The van der Waals surface area contributed by atoms with Crippen molar-refractivity contribution in [1.29, 1.82) is 0 Å². The van der Waals surface area contributed by atoms with E-state index in [1.54, 1.807) is 30.0 Å². The van der Waals surface area contributed by atoms with E-state index in [0.29, 0.717) is 28.9 Å². The molecule has 1 unspecified atom stereocenters. The standard InChI is InChI=1S/C20H22BrClFNO4S/c1-27-18-9-12(10-24-17(20(25)26)6-7-29-2)8-14(21)19(18)28-11-13-15(22)4-3-5-16(13)23/h3-5,8-9,17,24H,6-7,10-11H2,1-2H3,(H,25,26). The summed E-state index contributed by atoms with van der Waals surface area (Å²) in [7, 11) is 1.50. The Morgan fingerprint density at radius 3 is 2.79 bits per heavy atom. The third-order valence-electron chi connectivity index (χ3n) is 4.17. The highest BCUT2D eigenvalue weighted by Crippen LogP contribution is 2.37. The van der Waals surface area contributed by atoms with Crippen LogP contribution in [0.4, 0.5) is 4.39 Å². The molecule has 0 radical (unpaired) electrons. The highest BCUT2D eigenvalue weighted by molar-refractivity contribution is 9.10. The van der Waals surface area contributed by atoms with Gasteiger partial charge in [-0.05, 0) is 64.2 Å². The number of thioether (sulfide) groups is 1. The van der Waals surface area contributed by atoms with E-state index in [1.807, 2.05) is 6.26 Å². The molecule has 0 bridgehead atoms. The van der Waals surface area contributed by atoms with E-state index in [0.717, 1.165) is 11.3 Å². The molecule has 0 aromatic heterocycles. The molecule has 0 heterocycles. The fourth-order valence-corrected chi connectivity index (χ4v) is 3.91. The van der Waals surface area contributed by atoms with Crippen LogP contribution in [0.3, 0.4) is 0 Å². The van der Waals surface area contributed by atoms with Crippen LogP contribution in [0, 0.1) is 5.82 Å². The maximum absolute atomic E-state index is 14.0. The minimum atomic E-state index is -0.883. The molecule has 0 amide bonds. The van der Waals surface area contributed by atoms with Crippen LogP contribution < -0.4 is 14.8 Å². The Bertz CT molecular complexity index is 835. The van der Waals surface area contributed by atoms with Crippen molar-refractivity contribution in [3.63, 3.8) is 0 Å². The third-order valence-corrected chi connectivity index (χ3v) is 5.76. The van der Waals surface area contributed by atoms with Crippen LogP contribution >= 0.6 is 39.3 Å². The number of methoxy groups -OCH3 is 1. The minimum Gasteiger partial charge on any atom is -0.493 e. The summed E-state index contributed by atoms with van der Waals surface area (Å²) in [6.07, 6.45) is 2.47. The van der Waals surface area contributed by atoms with E-state index in [9.17, 15) is 14.3 Å². The predicted octanol–water partition coefficient (Wildman–Crippen LogP) is 5.13. The fourth-order valence-electron chi connectivity index (χ4n) is 2.62. The summed E-state index contributed by atoms with van der Waals surface area (Å²) in [5.41, 5.74) is 1.08. The zero-order valence-corrected chi connectivity index (χ0v) is 19.2. The second-order valence-electron chi connectivity index (χ2n) is 6.15. The molecular formula is C20H22BrClFNO4S. The number of ether oxygens (including phenoxy) is 2. The smallest absolute Gasteiger partial charge is 0.320 e. The molecule has 2 aromatic rings. The number of carbonyl (C=O) groups is 1. The molecule has 0 aliphatic rings. The average Bonchev–Trinajstić information content (AvgIpc) is 2.68. The minimum absolute atomic E-state index is 0.0617. The number of benzene rings is 2. The molecule has 2 aromatic carbocycles. The number of hydrogen-bond acceptors (Lipinski definition) is 5. The molecule has 0 aliphatic carbocycles. The summed E-state index contributed by atoms with van der Waals surface area (Å²) in [5, 5.41) is 12.7. The highest BCUT2D eigenvalue weighted by atomic mass is 79.9. The van der Waals surface area contributed by atoms with Gasteiger partial charge in [0.15, 0.2) is 11.5 Å². The number of hydrogen-bond donors (Lipinski definition) is 2. The first-order valence-corrected chi connectivity index (χ1v) is 11.3. The van der Waals surface area contributed by atoms with E-state index in [-0.39, 0.29) is 17.2 Å². The quantitative estimate of drug-likeness (QED) is 0.441. The van der Waals surface area contributed by atoms with Gasteiger partial charge in [-0.2, -0.15) is 11.8 Å². The van der Waals surface area contributed by atoms with E-state index in [1.165, 1.54) is 19.2 Å². The largest absolute Gasteiger partial charge is 0.493 e. The predicted molar refractivity (Wildman–Crippen MR) is 118 cm³/mol. The number of aliphatic carboxylic acids is 1. The summed E-state index contributed by atoms with van der Waals surface area (Å²) in [4.78, 5) is 11.4. The van der Waals surface area contributed by atoms with Gasteiger partial charge in [-0.15, -0.1) is 0 Å². The summed E-state index contributed by atoms with van der Waals surface area (Å²) >= 11 is 11.1. The molecule has 5 nitrogen and oxygen atoms in total. The summed E-state index contributed by atoms with van der Waals surface area (Å²) in [5.74, 6) is 0.278. The summed E-state index contributed by atoms with van der Waals surface area (Å²) in [6, 6.07) is 7.38. The van der Waals surface area contributed by atoms with E-state index >= 15 is 0 Å². The Balaban J connectivity index is 2.13. The van der Waals surface area contributed by atoms with Crippen molar-refractivity contribution in [3.05, 3.63) is 56.8 Å². The Hall–Kier alpha value is -1.48. The lowest BCUT2D eigenvalue weighted by Crippen LogP contribution is -2.36. The number of halogens is 3. The zero-order chi connectivity index (χ0) is 21.4. The normalized spacial score (nSPS) is 11.9. The van der Waals surface area contributed by atoms with Gasteiger partial charge >= 0.3 is 5.97 Å². The SMILES string of the molecule is COc1cc(CNC(CCSC)C(=O)O)cc(Br)c1OCc1c(F)cccc1Cl. The zero-order valence-electron chi connectivity index (χ0n) is 16.0. The molecule has 0 saturated carbocycles. The van der Waals surface area contributed by atoms with Gasteiger partial charge in [0.2, 0.25) is 0 Å². The first kappa shape index (κ1) is 23.8. The lowest BCUT2D eigenvalue weighted by atomic mass is 10.1. The lowest BCUT2D eigenvalue weighted by molar-refractivity contribution is -0.139. The monoisotopic (exact) mass is 505 g/mol. The number of rotatable bonds is 11. The van der Waals surface area contributed by atoms with E-state index in [4.69, 9.17) is 21.1 Å². The number of nitrogens with one attached hydrogen (secondary N) is 1.